The van der Waals surface area contributed by atoms with E-state index in [4.69, 9.17) is 5.84 Å². The minimum Gasteiger partial charge on any atom is -0.309 e. The summed E-state index contributed by atoms with van der Waals surface area (Å²) in [6, 6.07) is -0.137. The van der Waals surface area contributed by atoms with Crippen LogP contribution in [0.5, 0.6) is 0 Å². The first-order chi connectivity index (χ1) is 5.76. The fourth-order valence-corrected chi connectivity index (χ4v) is 1.11. The van der Waals surface area contributed by atoms with Crippen LogP contribution in [0.25, 0.3) is 0 Å². The Labute approximate surface area is 73.9 Å². The Hall–Kier alpha value is -0.610. The highest BCUT2D eigenvalue weighted by atomic mass is 16.2. The molecule has 0 radical (unpaired) electrons. The smallest absolute Gasteiger partial charge is 0.250 e. The molecule has 0 bridgehead atoms. The van der Waals surface area contributed by atoms with Gasteiger partial charge in [0.25, 0.3) is 5.91 Å². The zero-order valence-electron chi connectivity index (χ0n) is 7.89. The standard InChI is InChI=1S/C8H19N3O/c1-3-4-5-6-7(10-2)8(12)11-9/h7,10H,3-6,9H2,1-2H3,(H,11,12)/t7-/m0/s1. The van der Waals surface area contributed by atoms with Gasteiger partial charge in [-0.3, -0.25) is 10.2 Å². The van der Waals surface area contributed by atoms with Crippen LogP contribution in [0, 0.1) is 0 Å². The average molecular weight is 173 g/mol. The summed E-state index contributed by atoms with van der Waals surface area (Å²) in [5.74, 6) is 4.88. The highest BCUT2D eigenvalue weighted by Gasteiger charge is 2.13. The zero-order chi connectivity index (χ0) is 9.40. The normalized spacial score (nSPS) is 12.6. The summed E-state index contributed by atoms with van der Waals surface area (Å²) in [7, 11) is 1.77. The number of likely N-dealkylation sites (N-methyl/N-ethyl adjacent to an activating group) is 1. The third-order valence-electron chi connectivity index (χ3n) is 1.90. The third-order valence-corrected chi connectivity index (χ3v) is 1.90. The molecule has 12 heavy (non-hydrogen) atoms. The average Bonchev–Trinajstić information content (AvgIpc) is 2.11. The number of hydrogen-bond donors (Lipinski definition) is 3. The van der Waals surface area contributed by atoms with E-state index in [9.17, 15) is 4.79 Å². The van der Waals surface area contributed by atoms with Gasteiger partial charge in [-0.1, -0.05) is 26.2 Å². The van der Waals surface area contributed by atoms with Crippen LogP contribution in [0.4, 0.5) is 0 Å². The van der Waals surface area contributed by atoms with E-state index in [1.54, 1.807) is 7.05 Å². The monoisotopic (exact) mass is 173 g/mol. The number of unbranched alkanes of at least 4 members (excludes halogenated alkanes) is 2. The van der Waals surface area contributed by atoms with E-state index in [0.29, 0.717) is 0 Å². The molecule has 4 N–H and O–H groups in total. The lowest BCUT2D eigenvalue weighted by atomic mass is 10.1. The van der Waals surface area contributed by atoms with Crippen molar-refractivity contribution in [2.45, 2.75) is 38.6 Å². The predicted molar refractivity (Wildman–Crippen MR) is 49.3 cm³/mol. The molecule has 0 aliphatic heterocycles. The first-order valence-electron chi connectivity index (χ1n) is 4.44. The topological polar surface area (TPSA) is 67.2 Å². The van der Waals surface area contributed by atoms with Gasteiger partial charge < -0.3 is 5.32 Å². The molecule has 0 fully saturated rings. The maximum absolute atomic E-state index is 11.0. The SMILES string of the molecule is CCCCC[C@H](NC)C(=O)NN. The molecule has 0 saturated heterocycles. The first-order valence-corrected chi connectivity index (χ1v) is 4.44. The molecule has 0 aromatic rings. The van der Waals surface area contributed by atoms with Gasteiger partial charge in [-0.05, 0) is 13.5 Å². The number of nitrogens with two attached hydrogens (primary N) is 1. The Bertz CT molecular complexity index is 127. The minimum absolute atomic E-state index is 0.131. The first kappa shape index (κ1) is 11.4. The summed E-state index contributed by atoms with van der Waals surface area (Å²) in [6.07, 6.45) is 4.25. The Balaban J connectivity index is 3.60. The van der Waals surface area contributed by atoms with Crippen molar-refractivity contribution in [1.29, 1.82) is 0 Å². The molecule has 0 spiro atoms. The van der Waals surface area contributed by atoms with Crippen LogP contribution in [0.2, 0.25) is 0 Å². The van der Waals surface area contributed by atoms with Crippen LogP contribution in [-0.4, -0.2) is 19.0 Å². The predicted octanol–water partition coefficient (Wildman–Crippen LogP) is 0.145. The van der Waals surface area contributed by atoms with Crippen molar-refractivity contribution >= 4 is 5.91 Å². The van der Waals surface area contributed by atoms with Crippen LogP contribution < -0.4 is 16.6 Å². The van der Waals surface area contributed by atoms with Crippen LogP contribution in [-0.2, 0) is 4.79 Å². The fourth-order valence-electron chi connectivity index (χ4n) is 1.11. The Morgan fingerprint density at radius 3 is 2.58 bits per heavy atom. The van der Waals surface area contributed by atoms with Crippen molar-refractivity contribution in [3.63, 3.8) is 0 Å². The maximum Gasteiger partial charge on any atom is 0.250 e. The van der Waals surface area contributed by atoms with Gasteiger partial charge in [0.1, 0.15) is 0 Å². The molecule has 0 unspecified atom stereocenters. The second kappa shape index (κ2) is 7.06. The van der Waals surface area contributed by atoms with Gasteiger partial charge in [-0.25, -0.2) is 5.84 Å². The summed E-state index contributed by atoms with van der Waals surface area (Å²) in [4.78, 5) is 11.0. The number of hydrogen-bond acceptors (Lipinski definition) is 3. The van der Waals surface area contributed by atoms with Gasteiger partial charge in [-0.2, -0.15) is 0 Å². The van der Waals surface area contributed by atoms with Crippen molar-refractivity contribution in [2.24, 2.45) is 5.84 Å². The second-order valence-electron chi connectivity index (χ2n) is 2.85. The lowest BCUT2D eigenvalue weighted by Crippen LogP contribution is -2.45. The molecule has 0 rings (SSSR count). The van der Waals surface area contributed by atoms with E-state index in [1.807, 2.05) is 0 Å². The molecule has 1 atom stereocenters. The molecular formula is C8H19N3O. The Kier molecular flexibility index (Phi) is 6.70. The van der Waals surface area contributed by atoms with Crippen molar-refractivity contribution in [3.05, 3.63) is 0 Å². The van der Waals surface area contributed by atoms with Crippen LogP contribution in [0.15, 0.2) is 0 Å². The van der Waals surface area contributed by atoms with Crippen molar-refractivity contribution in [1.82, 2.24) is 10.7 Å². The van der Waals surface area contributed by atoms with Crippen LogP contribution in [0.1, 0.15) is 32.6 Å². The number of rotatable bonds is 6. The molecule has 0 aromatic carbocycles. The number of hydrazine groups is 1. The van der Waals surface area contributed by atoms with Crippen molar-refractivity contribution < 1.29 is 4.79 Å². The van der Waals surface area contributed by atoms with Gasteiger partial charge in [0.05, 0.1) is 6.04 Å². The molecule has 0 aliphatic carbocycles. The number of carbonyl (C=O) groups excluding carboxylic acids is 1. The Morgan fingerprint density at radius 1 is 1.50 bits per heavy atom. The van der Waals surface area contributed by atoms with E-state index in [-0.39, 0.29) is 11.9 Å². The fraction of sp³-hybridized carbons (Fsp3) is 0.875. The Morgan fingerprint density at radius 2 is 2.17 bits per heavy atom. The number of nitrogens with one attached hydrogen (secondary N) is 2. The summed E-state index contributed by atoms with van der Waals surface area (Å²) in [6.45, 7) is 2.14. The molecule has 0 heterocycles. The van der Waals surface area contributed by atoms with Gasteiger partial charge in [0, 0.05) is 0 Å². The highest BCUT2D eigenvalue weighted by Crippen LogP contribution is 2.02. The lowest BCUT2D eigenvalue weighted by molar-refractivity contribution is -0.123. The van der Waals surface area contributed by atoms with Gasteiger partial charge >= 0.3 is 0 Å². The van der Waals surface area contributed by atoms with Gasteiger partial charge in [0.15, 0.2) is 0 Å². The summed E-state index contributed by atoms with van der Waals surface area (Å²) in [5.41, 5.74) is 2.14. The second-order valence-corrected chi connectivity index (χ2v) is 2.85. The maximum atomic E-state index is 11.0. The molecule has 4 nitrogen and oxygen atoms in total. The number of carbonyl (C=O) groups is 1. The van der Waals surface area contributed by atoms with Crippen molar-refractivity contribution in [3.8, 4) is 0 Å². The van der Waals surface area contributed by atoms with Crippen LogP contribution in [0.3, 0.4) is 0 Å². The molecule has 0 aromatic heterocycles. The summed E-state index contributed by atoms with van der Waals surface area (Å²) >= 11 is 0. The summed E-state index contributed by atoms with van der Waals surface area (Å²) < 4.78 is 0. The van der Waals surface area contributed by atoms with Gasteiger partial charge in [0.2, 0.25) is 0 Å². The molecule has 72 valence electrons. The van der Waals surface area contributed by atoms with Crippen molar-refractivity contribution in [2.75, 3.05) is 7.05 Å². The molecular weight excluding hydrogens is 154 g/mol. The lowest BCUT2D eigenvalue weighted by Gasteiger charge is -2.13. The molecule has 1 amide bonds. The van der Waals surface area contributed by atoms with E-state index in [0.717, 1.165) is 19.3 Å². The van der Waals surface area contributed by atoms with Crippen LogP contribution >= 0.6 is 0 Å². The summed E-state index contributed by atoms with van der Waals surface area (Å²) in [5, 5.41) is 2.92. The highest BCUT2D eigenvalue weighted by molar-refractivity contribution is 5.80. The molecule has 4 heteroatoms. The van der Waals surface area contributed by atoms with E-state index in [2.05, 4.69) is 17.7 Å². The quantitative estimate of drug-likeness (QED) is 0.232. The van der Waals surface area contributed by atoms with E-state index < -0.39 is 0 Å². The van der Waals surface area contributed by atoms with Gasteiger partial charge in [-0.15, -0.1) is 0 Å². The number of amides is 1. The third kappa shape index (κ3) is 4.31. The zero-order valence-corrected chi connectivity index (χ0v) is 7.89. The largest absolute Gasteiger partial charge is 0.309 e. The molecule has 0 aliphatic rings. The minimum atomic E-state index is -0.137. The molecule has 0 saturated carbocycles. The van der Waals surface area contributed by atoms with E-state index >= 15 is 0 Å². The van der Waals surface area contributed by atoms with E-state index in [1.165, 1.54) is 6.42 Å².